The fraction of sp³-hybridized carbons (Fsp3) is 0.545. The predicted octanol–water partition coefficient (Wildman–Crippen LogP) is 2.81. The first-order valence-electron chi connectivity index (χ1n) is 5.30. The van der Waals surface area contributed by atoms with Gasteiger partial charge in [0.2, 0.25) is 0 Å². The third-order valence-corrected chi connectivity index (χ3v) is 2.78. The quantitative estimate of drug-likeness (QED) is 0.751. The van der Waals surface area contributed by atoms with Gasteiger partial charge in [0.05, 0.1) is 4.47 Å². The van der Waals surface area contributed by atoms with Gasteiger partial charge in [-0.25, -0.2) is 4.98 Å². The average molecular weight is 273 g/mol. The number of unbranched alkanes of at least 4 members (excludes halogenated alkanes) is 3. The molecule has 84 valence electrons. The second-order valence-electron chi connectivity index (χ2n) is 3.40. The molecule has 1 aromatic rings. The van der Waals surface area contributed by atoms with Crippen molar-refractivity contribution in [2.75, 3.05) is 18.5 Å². The molecule has 0 fully saturated rings. The Kier molecular flexibility index (Phi) is 6.36. The number of rotatable bonds is 7. The Morgan fingerprint density at radius 2 is 2.07 bits per heavy atom. The van der Waals surface area contributed by atoms with E-state index in [-0.39, 0.29) is 0 Å². The Morgan fingerprint density at radius 3 is 2.80 bits per heavy atom. The lowest BCUT2D eigenvalue weighted by Crippen LogP contribution is -2.03. The van der Waals surface area contributed by atoms with E-state index < -0.39 is 0 Å². The van der Waals surface area contributed by atoms with E-state index in [1.807, 2.05) is 12.1 Å². The van der Waals surface area contributed by atoms with Crippen LogP contribution in [0.1, 0.15) is 25.7 Å². The monoisotopic (exact) mass is 272 g/mol. The van der Waals surface area contributed by atoms with Crippen LogP contribution in [0.15, 0.2) is 22.8 Å². The Balaban J connectivity index is 2.12. The molecule has 1 heterocycles. The molecular weight excluding hydrogens is 256 g/mol. The molecule has 0 unspecified atom stereocenters. The van der Waals surface area contributed by atoms with Crippen molar-refractivity contribution in [1.82, 2.24) is 4.98 Å². The maximum atomic E-state index is 8.61. The van der Waals surface area contributed by atoms with Crippen LogP contribution in [0.25, 0.3) is 0 Å². The number of hydrogen-bond donors (Lipinski definition) is 2. The molecule has 0 aliphatic rings. The van der Waals surface area contributed by atoms with Crippen LogP contribution in [0.3, 0.4) is 0 Å². The van der Waals surface area contributed by atoms with Crippen molar-refractivity contribution in [1.29, 1.82) is 0 Å². The van der Waals surface area contributed by atoms with E-state index in [4.69, 9.17) is 5.11 Å². The van der Waals surface area contributed by atoms with Crippen molar-refractivity contribution in [3.05, 3.63) is 22.8 Å². The van der Waals surface area contributed by atoms with Crippen LogP contribution >= 0.6 is 15.9 Å². The second kappa shape index (κ2) is 7.65. The van der Waals surface area contributed by atoms with Gasteiger partial charge in [-0.15, -0.1) is 0 Å². The highest BCUT2D eigenvalue weighted by molar-refractivity contribution is 9.10. The van der Waals surface area contributed by atoms with Gasteiger partial charge in [0, 0.05) is 19.3 Å². The van der Waals surface area contributed by atoms with Crippen LogP contribution in [0.5, 0.6) is 0 Å². The lowest BCUT2D eigenvalue weighted by Gasteiger charge is -2.06. The van der Waals surface area contributed by atoms with Crippen molar-refractivity contribution in [3.63, 3.8) is 0 Å². The molecule has 3 nitrogen and oxygen atoms in total. The fourth-order valence-corrected chi connectivity index (χ4v) is 1.71. The summed E-state index contributed by atoms with van der Waals surface area (Å²) in [6, 6.07) is 3.87. The molecule has 15 heavy (non-hydrogen) atoms. The Morgan fingerprint density at radius 1 is 1.27 bits per heavy atom. The maximum absolute atomic E-state index is 8.61. The van der Waals surface area contributed by atoms with Crippen molar-refractivity contribution < 1.29 is 5.11 Å². The molecule has 0 radical (unpaired) electrons. The SMILES string of the molecule is OCCCCCCNc1ncccc1Br. The normalized spacial score (nSPS) is 10.3. The number of pyridine rings is 1. The summed E-state index contributed by atoms with van der Waals surface area (Å²) < 4.78 is 1.00. The van der Waals surface area contributed by atoms with Gasteiger partial charge in [0.25, 0.3) is 0 Å². The first-order valence-corrected chi connectivity index (χ1v) is 6.09. The van der Waals surface area contributed by atoms with E-state index in [1.54, 1.807) is 6.20 Å². The standard InChI is InChI=1S/C11H17BrN2O/c12-10-6-5-8-14-11(10)13-7-3-1-2-4-9-15/h5-6,8,15H,1-4,7,9H2,(H,13,14). The highest BCUT2D eigenvalue weighted by Gasteiger charge is 1.97. The number of aliphatic hydroxyl groups is 1. The minimum absolute atomic E-state index is 0.305. The molecule has 4 heteroatoms. The van der Waals surface area contributed by atoms with Crippen LogP contribution in [0.4, 0.5) is 5.82 Å². The van der Waals surface area contributed by atoms with Crippen molar-refractivity contribution >= 4 is 21.7 Å². The smallest absolute Gasteiger partial charge is 0.140 e. The van der Waals surface area contributed by atoms with Crippen molar-refractivity contribution in [2.24, 2.45) is 0 Å². The van der Waals surface area contributed by atoms with E-state index in [2.05, 4.69) is 26.2 Å². The summed E-state index contributed by atoms with van der Waals surface area (Å²) in [6.07, 6.45) is 6.05. The van der Waals surface area contributed by atoms with E-state index in [0.717, 1.165) is 42.5 Å². The molecule has 0 saturated carbocycles. The number of aromatic nitrogens is 1. The van der Waals surface area contributed by atoms with E-state index in [1.165, 1.54) is 0 Å². The molecule has 0 aliphatic heterocycles. The number of hydrogen-bond acceptors (Lipinski definition) is 3. The van der Waals surface area contributed by atoms with E-state index in [0.29, 0.717) is 6.61 Å². The van der Waals surface area contributed by atoms with Gasteiger partial charge in [-0.3, -0.25) is 0 Å². The molecule has 0 aromatic carbocycles. The Bertz CT molecular complexity index is 281. The van der Waals surface area contributed by atoms with Crippen LogP contribution in [0.2, 0.25) is 0 Å². The van der Waals surface area contributed by atoms with E-state index >= 15 is 0 Å². The second-order valence-corrected chi connectivity index (χ2v) is 4.25. The number of aliphatic hydroxyl groups excluding tert-OH is 1. The summed E-state index contributed by atoms with van der Waals surface area (Å²) in [4.78, 5) is 4.21. The highest BCUT2D eigenvalue weighted by atomic mass is 79.9. The first kappa shape index (κ1) is 12.5. The summed E-state index contributed by atoms with van der Waals surface area (Å²) in [5.74, 6) is 0.902. The largest absolute Gasteiger partial charge is 0.396 e. The van der Waals surface area contributed by atoms with Gasteiger partial charge in [-0.05, 0) is 40.9 Å². The van der Waals surface area contributed by atoms with Crippen LogP contribution in [0, 0.1) is 0 Å². The van der Waals surface area contributed by atoms with Crippen LogP contribution in [-0.2, 0) is 0 Å². The summed E-state index contributed by atoms with van der Waals surface area (Å²) in [7, 11) is 0. The molecule has 2 N–H and O–H groups in total. The molecule has 0 amide bonds. The van der Waals surface area contributed by atoms with E-state index in [9.17, 15) is 0 Å². The van der Waals surface area contributed by atoms with Crippen molar-refractivity contribution in [3.8, 4) is 0 Å². The summed E-state index contributed by atoms with van der Waals surface area (Å²) >= 11 is 3.43. The summed E-state index contributed by atoms with van der Waals surface area (Å²) in [5, 5.41) is 11.9. The van der Waals surface area contributed by atoms with Gasteiger partial charge in [-0.2, -0.15) is 0 Å². The van der Waals surface area contributed by atoms with Gasteiger partial charge in [0.1, 0.15) is 5.82 Å². The minimum Gasteiger partial charge on any atom is -0.396 e. The highest BCUT2D eigenvalue weighted by Crippen LogP contribution is 2.18. The number of halogens is 1. The Hall–Kier alpha value is -0.610. The average Bonchev–Trinajstić information content (AvgIpc) is 2.25. The zero-order chi connectivity index (χ0) is 10.9. The van der Waals surface area contributed by atoms with Gasteiger partial charge < -0.3 is 10.4 Å². The third kappa shape index (κ3) is 5.14. The Labute approximate surface area is 99.1 Å². The van der Waals surface area contributed by atoms with Crippen LogP contribution in [-0.4, -0.2) is 23.2 Å². The molecule has 0 spiro atoms. The summed E-state index contributed by atoms with van der Waals surface area (Å²) in [6.45, 7) is 1.24. The van der Waals surface area contributed by atoms with Crippen LogP contribution < -0.4 is 5.32 Å². The molecule has 1 rings (SSSR count). The first-order chi connectivity index (χ1) is 7.34. The maximum Gasteiger partial charge on any atom is 0.140 e. The lowest BCUT2D eigenvalue weighted by atomic mass is 10.2. The molecule has 0 saturated heterocycles. The van der Waals surface area contributed by atoms with Crippen molar-refractivity contribution in [2.45, 2.75) is 25.7 Å². The number of anilines is 1. The zero-order valence-electron chi connectivity index (χ0n) is 8.75. The van der Waals surface area contributed by atoms with Gasteiger partial charge in [0.15, 0.2) is 0 Å². The molecule has 0 bridgehead atoms. The molecular formula is C11H17BrN2O. The van der Waals surface area contributed by atoms with Gasteiger partial charge >= 0.3 is 0 Å². The number of nitrogens with one attached hydrogen (secondary N) is 1. The fourth-order valence-electron chi connectivity index (χ4n) is 1.31. The third-order valence-electron chi connectivity index (χ3n) is 2.14. The minimum atomic E-state index is 0.305. The summed E-state index contributed by atoms with van der Waals surface area (Å²) in [5.41, 5.74) is 0. The predicted molar refractivity (Wildman–Crippen MR) is 66.0 cm³/mol. The molecule has 0 aliphatic carbocycles. The topological polar surface area (TPSA) is 45.1 Å². The van der Waals surface area contributed by atoms with Gasteiger partial charge in [-0.1, -0.05) is 12.8 Å². The molecule has 0 atom stereocenters. The lowest BCUT2D eigenvalue weighted by molar-refractivity contribution is 0.283. The molecule has 1 aromatic heterocycles. The number of nitrogens with zero attached hydrogens (tertiary/aromatic N) is 1. The zero-order valence-corrected chi connectivity index (χ0v) is 10.3.